The summed E-state index contributed by atoms with van der Waals surface area (Å²) < 4.78 is 11.2. The van der Waals surface area contributed by atoms with Gasteiger partial charge in [-0.3, -0.25) is 0 Å². The van der Waals surface area contributed by atoms with E-state index in [4.69, 9.17) is 9.47 Å². The summed E-state index contributed by atoms with van der Waals surface area (Å²) in [7, 11) is 0. The summed E-state index contributed by atoms with van der Waals surface area (Å²) in [4.78, 5) is 0. The molecule has 2 heteroatoms. The minimum atomic E-state index is -0.0765. The minimum Gasteiger partial charge on any atom is -0.349 e. The van der Waals surface area contributed by atoms with E-state index < -0.39 is 0 Å². The summed E-state index contributed by atoms with van der Waals surface area (Å²) in [6.45, 7) is 4.89. The Hall–Kier alpha value is -0.860. The van der Waals surface area contributed by atoms with E-state index in [2.05, 4.69) is 19.1 Å². The van der Waals surface area contributed by atoms with Gasteiger partial charge < -0.3 is 9.47 Å². The first-order valence-electron chi connectivity index (χ1n) is 5.09. The standard InChI is InChI=1S/C12H16O2/c1-9-8-13-12(14-9)10(2)11-6-4-3-5-7-11/h3-7,9-10,12H,8H2,1-2H3/t9-,10-,12-/m0/s1. The van der Waals surface area contributed by atoms with E-state index in [1.807, 2.05) is 25.1 Å². The number of hydrogen-bond acceptors (Lipinski definition) is 2. The van der Waals surface area contributed by atoms with Crippen molar-refractivity contribution in [3.05, 3.63) is 35.9 Å². The highest BCUT2D eigenvalue weighted by Crippen LogP contribution is 2.26. The monoisotopic (exact) mass is 192 g/mol. The Morgan fingerprint density at radius 3 is 2.57 bits per heavy atom. The van der Waals surface area contributed by atoms with Crippen molar-refractivity contribution < 1.29 is 9.47 Å². The summed E-state index contributed by atoms with van der Waals surface area (Å²) in [5.41, 5.74) is 1.27. The highest BCUT2D eigenvalue weighted by Gasteiger charge is 2.28. The van der Waals surface area contributed by atoms with Crippen LogP contribution in [0.4, 0.5) is 0 Å². The zero-order valence-electron chi connectivity index (χ0n) is 8.64. The van der Waals surface area contributed by atoms with Gasteiger partial charge in [-0.05, 0) is 12.5 Å². The molecule has 0 spiro atoms. The second kappa shape index (κ2) is 4.11. The average molecular weight is 192 g/mol. The molecular weight excluding hydrogens is 176 g/mol. The van der Waals surface area contributed by atoms with Crippen LogP contribution in [0.5, 0.6) is 0 Å². The van der Waals surface area contributed by atoms with Gasteiger partial charge in [-0.25, -0.2) is 0 Å². The molecule has 0 N–H and O–H groups in total. The fourth-order valence-electron chi connectivity index (χ4n) is 1.71. The van der Waals surface area contributed by atoms with Crippen LogP contribution in [0.15, 0.2) is 30.3 Å². The molecule has 1 fully saturated rings. The van der Waals surface area contributed by atoms with Gasteiger partial charge in [0.05, 0.1) is 12.7 Å². The van der Waals surface area contributed by atoms with Crippen molar-refractivity contribution in [2.75, 3.05) is 6.61 Å². The van der Waals surface area contributed by atoms with Crippen LogP contribution in [-0.4, -0.2) is 19.0 Å². The van der Waals surface area contributed by atoms with Crippen molar-refractivity contribution in [3.8, 4) is 0 Å². The topological polar surface area (TPSA) is 18.5 Å². The number of ether oxygens (including phenoxy) is 2. The van der Waals surface area contributed by atoms with Crippen LogP contribution < -0.4 is 0 Å². The van der Waals surface area contributed by atoms with Crippen LogP contribution in [0.3, 0.4) is 0 Å². The van der Waals surface area contributed by atoms with E-state index in [1.54, 1.807) is 0 Å². The first kappa shape index (κ1) is 9.69. The van der Waals surface area contributed by atoms with Gasteiger partial charge in [0.2, 0.25) is 0 Å². The van der Waals surface area contributed by atoms with Crippen molar-refractivity contribution in [1.82, 2.24) is 0 Å². The van der Waals surface area contributed by atoms with Crippen molar-refractivity contribution in [1.29, 1.82) is 0 Å². The average Bonchev–Trinajstić information content (AvgIpc) is 2.65. The van der Waals surface area contributed by atoms with Crippen LogP contribution in [0.25, 0.3) is 0 Å². The van der Waals surface area contributed by atoms with E-state index in [0.29, 0.717) is 12.5 Å². The summed E-state index contributed by atoms with van der Waals surface area (Å²) in [5, 5.41) is 0. The quantitative estimate of drug-likeness (QED) is 0.717. The Bertz CT molecular complexity index is 284. The van der Waals surface area contributed by atoms with Gasteiger partial charge in [-0.15, -0.1) is 0 Å². The SMILES string of the molecule is C[C@H]1CO[C@H]([C@@H](C)c2ccccc2)O1. The molecule has 1 aliphatic rings. The lowest BCUT2D eigenvalue weighted by atomic mass is 10.0. The number of hydrogen-bond donors (Lipinski definition) is 0. The first-order valence-corrected chi connectivity index (χ1v) is 5.09. The molecular formula is C12H16O2. The molecule has 2 nitrogen and oxygen atoms in total. The normalized spacial score (nSPS) is 29.0. The molecule has 1 aromatic carbocycles. The van der Waals surface area contributed by atoms with Crippen molar-refractivity contribution in [2.24, 2.45) is 0 Å². The smallest absolute Gasteiger partial charge is 0.164 e. The number of rotatable bonds is 2. The van der Waals surface area contributed by atoms with Gasteiger partial charge in [0, 0.05) is 5.92 Å². The summed E-state index contributed by atoms with van der Waals surface area (Å²) in [6, 6.07) is 10.3. The third-order valence-electron chi connectivity index (χ3n) is 2.60. The van der Waals surface area contributed by atoms with E-state index in [0.717, 1.165) is 0 Å². The first-order chi connectivity index (χ1) is 6.77. The molecule has 1 saturated heterocycles. The highest BCUT2D eigenvalue weighted by atomic mass is 16.7. The molecule has 0 radical (unpaired) electrons. The van der Waals surface area contributed by atoms with Crippen molar-refractivity contribution in [2.45, 2.75) is 32.2 Å². The zero-order valence-corrected chi connectivity index (χ0v) is 8.64. The minimum absolute atomic E-state index is 0.0765. The second-order valence-electron chi connectivity index (χ2n) is 3.85. The van der Waals surface area contributed by atoms with Gasteiger partial charge >= 0.3 is 0 Å². The third-order valence-corrected chi connectivity index (χ3v) is 2.60. The Labute approximate surface area is 84.8 Å². The molecule has 2 rings (SSSR count). The van der Waals surface area contributed by atoms with E-state index in [-0.39, 0.29) is 12.4 Å². The molecule has 0 aliphatic carbocycles. The Kier molecular flexibility index (Phi) is 2.85. The number of benzene rings is 1. The van der Waals surface area contributed by atoms with Crippen LogP contribution in [0.1, 0.15) is 25.3 Å². The Balaban J connectivity index is 2.05. The largest absolute Gasteiger partial charge is 0.349 e. The lowest BCUT2D eigenvalue weighted by Gasteiger charge is -2.18. The highest BCUT2D eigenvalue weighted by molar-refractivity contribution is 5.19. The predicted octanol–water partition coefficient (Wildman–Crippen LogP) is 2.55. The van der Waals surface area contributed by atoms with E-state index in [9.17, 15) is 0 Å². The molecule has 0 amide bonds. The Morgan fingerprint density at radius 2 is 2.00 bits per heavy atom. The van der Waals surface area contributed by atoms with Crippen LogP contribution in [0, 0.1) is 0 Å². The van der Waals surface area contributed by atoms with Gasteiger partial charge in [-0.1, -0.05) is 37.3 Å². The zero-order chi connectivity index (χ0) is 9.97. The second-order valence-corrected chi connectivity index (χ2v) is 3.85. The summed E-state index contributed by atoms with van der Waals surface area (Å²) >= 11 is 0. The van der Waals surface area contributed by atoms with Gasteiger partial charge in [0.25, 0.3) is 0 Å². The maximum absolute atomic E-state index is 5.66. The van der Waals surface area contributed by atoms with Crippen molar-refractivity contribution in [3.63, 3.8) is 0 Å². The van der Waals surface area contributed by atoms with E-state index in [1.165, 1.54) is 5.56 Å². The molecule has 76 valence electrons. The van der Waals surface area contributed by atoms with Crippen LogP contribution in [0.2, 0.25) is 0 Å². The molecule has 1 heterocycles. The summed E-state index contributed by atoms with van der Waals surface area (Å²) in [5.74, 6) is 0.307. The molecule has 3 atom stereocenters. The molecule has 1 aromatic rings. The maximum Gasteiger partial charge on any atom is 0.164 e. The summed E-state index contributed by atoms with van der Waals surface area (Å²) in [6.07, 6.45) is 0.151. The maximum atomic E-state index is 5.66. The fourth-order valence-corrected chi connectivity index (χ4v) is 1.71. The molecule has 0 saturated carbocycles. The van der Waals surface area contributed by atoms with Crippen LogP contribution in [-0.2, 0) is 9.47 Å². The lowest BCUT2D eigenvalue weighted by Crippen LogP contribution is -2.17. The molecule has 1 aliphatic heterocycles. The van der Waals surface area contributed by atoms with Gasteiger partial charge in [-0.2, -0.15) is 0 Å². The third kappa shape index (κ3) is 1.97. The van der Waals surface area contributed by atoms with E-state index >= 15 is 0 Å². The van der Waals surface area contributed by atoms with Crippen LogP contribution >= 0.6 is 0 Å². The fraction of sp³-hybridized carbons (Fsp3) is 0.500. The van der Waals surface area contributed by atoms with Gasteiger partial charge in [0.1, 0.15) is 0 Å². The molecule has 0 unspecified atom stereocenters. The van der Waals surface area contributed by atoms with Gasteiger partial charge in [0.15, 0.2) is 6.29 Å². The molecule has 14 heavy (non-hydrogen) atoms. The van der Waals surface area contributed by atoms with Crippen molar-refractivity contribution >= 4 is 0 Å². The molecule has 0 bridgehead atoms. The predicted molar refractivity (Wildman–Crippen MR) is 55.1 cm³/mol. The Morgan fingerprint density at radius 1 is 1.29 bits per heavy atom. The molecule has 0 aromatic heterocycles. The lowest BCUT2D eigenvalue weighted by molar-refractivity contribution is -0.0691.